The molecule has 0 aromatic rings. The highest BCUT2D eigenvalue weighted by molar-refractivity contribution is 5.81. The quantitative estimate of drug-likeness (QED) is 0.231. The molecule has 0 fully saturated rings. The molecule has 6 heteroatoms. The molecule has 0 unspecified atom stereocenters. The molecule has 0 bridgehead atoms. The summed E-state index contributed by atoms with van der Waals surface area (Å²) in [5.41, 5.74) is 0. The molecule has 24 heavy (non-hydrogen) atoms. The molecule has 2 N–H and O–H groups in total. The largest absolute Gasteiger partial charge is 0.463 e. The van der Waals surface area contributed by atoms with E-state index in [2.05, 4.69) is 20.1 Å². The molecule has 0 heterocycles. The van der Waals surface area contributed by atoms with E-state index in [9.17, 15) is 9.59 Å². The van der Waals surface area contributed by atoms with E-state index >= 15 is 0 Å². The molecule has 6 nitrogen and oxygen atoms in total. The average Bonchev–Trinajstić information content (AvgIpc) is 2.57. The lowest BCUT2D eigenvalue weighted by molar-refractivity contribution is -0.139. The third kappa shape index (κ3) is 22.6. The van der Waals surface area contributed by atoms with Gasteiger partial charge in [-0.3, -0.25) is 0 Å². The predicted octanol–water partition coefficient (Wildman–Crippen LogP) is 2.88. The van der Waals surface area contributed by atoms with Gasteiger partial charge in [0, 0.05) is 12.2 Å². The van der Waals surface area contributed by atoms with Crippen molar-refractivity contribution < 1.29 is 29.3 Å². The van der Waals surface area contributed by atoms with Gasteiger partial charge in [-0.2, -0.15) is 0 Å². The van der Waals surface area contributed by atoms with E-state index < -0.39 is 6.29 Å². The van der Waals surface area contributed by atoms with Crippen molar-refractivity contribution in [3.05, 3.63) is 25.3 Å². The van der Waals surface area contributed by atoms with Crippen LogP contribution in [0.1, 0.15) is 58.3 Å². The molecule has 0 aromatic heterocycles. The fraction of sp³-hybridized carbons (Fsp3) is 0.667. The minimum Gasteiger partial charge on any atom is -0.463 e. The molecule has 0 radical (unpaired) electrons. The summed E-state index contributed by atoms with van der Waals surface area (Å²) >= 11 is 0. The zero-order valence-electron chi connectivity index (χ0n) is 14.7. The van der Waals surface area contributed by atoms with Crippen molar-refractivity contribution in [2.75, 3.05) is 13.2 Å². The van der Waals surface area contributed by atoms with Crippen molar-refractivity contribution in [2.45, 2.75) is 64.6 Å². The fourth-order valence-corrected chi connectivity index (χ4v) is 1.60. The summed E-state index contributed by atoms with van der Waals surface area (Å²) in [6.45, 7) is 9.50. The maximum absolute atomic E-state index is 10.6. The fourth-order valence-electron chi connectivity index (χ4n) is 1.60. The molecule has 140 valence electrons. The number of carbonyl (C=O) groups is 2. The first-order valence-corrected chi connectivity index (χ1v) is 8.42. The van der Waals surface area contributed by atoms with Crippen molar-refractivity contribution in [3.63, 3.8) is 0 Å². The number of esters is 2. The van der Waals surface area contributed by atoms with Crippen LogP contribution in [0.15, 0.2) is 25.3 Å². The van der Waals surface area contributed by atoms with Crippen molar-refractivity contribution in [2.24, 2.45) is 0 Å². The lowest BCUT2D eigenvalue weighted by Crippen LogP contribution is -2.03. The van der Waals surface area contributed by atoms with Crippen LogP contribution < -0.4 is 0 Å². The standard InChI is InChI=1S/C12H18O4.C6H14O2/c1-3-11(13)15-9-7-5-6-8-10-16-12(14)4-2;1-2-3-4-5-6(7)8/h3-4H,1-2,5-10H2;6-8H,2-5H2,1H3. The molecule has 0 aliphatic heterocycles. The maximum atomic E-state index is 10.6. The minimum absolute atomic E-state index is 0.389. The summed E-state index contributed by atoms with van der Waals surface area (Å²) in [4.78, 5) is 21.3. The Morgan fingerprint density at radius 2 is 1.33 bits per heavy atom. The van der Waals surface area contributed by atoms with Crippen LogP contribution in [0, 0.1) is 0 Å². The van der Waals surface area contributed by atoms with Crippen molar-refractivity contribution in [3.8, 4) is 0 Å². The van der Waals surface area contributed by atoms with E-state index in [-0.39, 0.29) is 11.9 Å². The minimum atomic E-state index is -1.10. The van der Waals surface area contributed by atoms with E-state index in [0.29, 0.717) is 19.6 Å². The molecule has 0 saturated heterocycles. The number of aliphatic hydroxyl groups excluding tert-OH is 1. The van der Waals surface area contributed by atoms with Gasteiger partial charge in [0.05, 0.1) is 13.2 Å². The van der Waals surface area contributed by atoms with Crippen LogP contribution in [0.4, 0.5) is 0 Å². The molecule has 0 saturated carbocycles. The highest BCUT2D eigenvalue weighted by Crippen LogP contribution is 2.01. The smallest absolute Gasteiger partial charge is 0.330 e. The van der Waals surface area contributed by atoms with Crippen LogP contribution in [0.25, 0.3) is 0 Å². The first kappa shape index (κ1) is 24.6. The lowest BCUT2D eigenvalue weighted by atomic mass is 10.2. The molecular weight excluding hydrogens is 312 g/mol. The van der Waals surface area contributed by atoms with Crippen LogP contribution in [-0.2, 0) is 19.1 Å². The monoisotopic (exact) mass is 344 g/mol. The van der Waals surface area contributed by atoms with E-state index in [1.54, 1.807) is 0 Å². The topological polar surface area (TPSA) is 93.1 Å². The molecular formula is C18H32O6. The van der Waals surface area contributed by atoms with Crippen molar-refractivity contribution in [1.29, 1.82) is 0 Å². The summed E-state index contributed by atoms with van der Waals surface area (Å²) < 4.78 is 9.60. The molecule has 0 atom stereocenters. The number of hydrogen-bond acceptors (Lipinski definition) is 6. The molecule has 0 aliphatic carbocycles. The average molecular weight is 344 g/mol. The number of rotatable bonds is 13. The van der Waals surface area contributed by atoms with E-state index in [1.165, 1.54) is 0 Å². The summed E-state index contributed by atoms with van der Waals surface area (Å²) in [5, 5.41) is 16.7. The van der Waals surface area contributed by atoms with Gasteiger partial charge in [0.25, 0.3) is 0 Å². The number of carbonyl (C=O) groups excluding carboxylic acids is 2. The second kappa shape index (κ2) is 19.4. The summed E-state index contributed by atoms with van der Waals surface area (Å²) in [7, 11) is 0. The maximum Gasteiger partial charge on any atom is 0.330 e. The molecule has 0 aliphatic rings. The van der Waals surface area contributed by atoms with Gasteiger partial charge in [-0.05, 0) is 38.5 Å². The van der Waals surface area contributed by atoms with Gasteiger partial charge in [0.15, 0.2) is 6.29 Å². The van der Waals surface area contributed by atoms with Gasteiger partial charge in [-0.15, -0.1) is 0 Å². The Morgan fingerprint density at radius 1 is 0.875 bits per heavy atom. The van der Waals surface area contributed by atoms with Crippen LogP contribution in [-0.4, -0.2) is 41.7 Å². The highest BCUT2D eigenvalue weighted by Gasteiger charge is 1.97. The highest BCUT2D eigenvalue weighted by atomic mass is 16.5. The lowest BCUT2D eigenvalue weighted by Gasteiger charge is -2.03. The zero-order chi connectivity index (χ0) is 18.6. The van der Waals surface area contributed by atoms with Crippen LogP contribution in [0.2, 0.25) is 0 Å². The zero-order valence-corrected chi connectivity index (χ0v) is 14.7. The summed E-state index contributed by atoms with van der Waals surface area (Å²) in [5.74, 6) is -0.778. The van der Waals surface area contributed by atoms with Gasteiger partial charge in [-0.1, -0.05) is 32.9 Å². The van der Waals surface area contributed by atoms with Gasteiger partial charge < -0.3 is 19.7 Å². The van der Waals surface area contributed by atoms with Crippen LogP contribution in [0.5, 0.6) is 0 Å². The number of aliphatic hydroxyl groups is 2. The van der Waals surface area contributed by atoms with Gasteiger partial charge in [0.2, 0.25) is 0 Å². The normalized spacial score (nSPS) is 9.67. The second-order valence-electron chi connectivity index (χ2n) is 5.13. The number of ether oxygens (including phenoxy) is 2. The van der Waals surface area contributed by atoms with Gasteiger partial charge in [-0.25, -0.2) is 9.59 Å². The van der Waals surface area contributed by atoms with E-state index in [4.69, 9.17) is 19.7 Å². The Labute approximate surface area is 145 Å². The Kier molecular flexibility index (Phi) is 19.9. The number of hydrogen-bond donors (Lipinski definition) is 2. The third-order valence-corrected chi connectivity index (χ3v) is 2.93. The van der Waals surface area contributed by atoms with Crippen molar-refractivity contribution in [1.82, 2.24) is 0 Å². The van der Waals surface area contributed by atoms with Crippen molar-refractivity contribution >= 4 is 11.9 Å². The summed E-state index contributed by atoms with van der Waals surface area (Å²) in [6, 6.07) is 0. The first-order chi connectivity index (χ1) is 11.5. The van der Waals surface area contributed by atoms with E-state index in [0.717, 1.165) is 57.1 Å². The predicted molar refractivity (Wildman–Crippen MR) is 93.1 cm³/mol. The molecule has 0 aromatic carbocycles. The Bertz CT molecular complexity index is 312. The summed E-state index contributed by atoms with van der Waals surface area (Å²) in [6.07, 6.45) is 8.38. The third-order valence-electron chi connectivity index (χ3n) is 2.93. The molecule has 0 spiro atoms. The van der Waals surface area contributed by atoms with Gasteiger partial charge in [0.1, 0.15) is 0 Å². The second-order valence-corrected chi connectivity index (χ2v) is 5.13. The Balaban J connectivity index is 0. The number of unbranched alkanes of at least 4 members (excludes halogenated alkanes) is 5. The SMILES string of the molecule is C=CC(=O)OCCCCCCOC(=O)C=C.CCCCCC(O)O. The van der Waals surface area contributed by atoms with Crippen LogP contribution in [0.3, 0.4) is 0 Å². The van der Waals surface area contributed by atoms with E-state index in [1.807, 2.05) is 0 Å². The molecule has 0 amide bonds. The van der Waals surface area contributed by atoms with Crippen LogP contribution >= 0.6 is 0 Å². The van der Waals surface area contributed by atoms with Gasteiger partial charge >= 0.3 is 11.9 Å². The molecule has 0 rings (SSSR count). The first-order valence-electron chi connectivity index (χ1n) is 8.42. The Hall–Kier alpha value is -1.66. The Morgan fingerprint density at radius 3 is 1.67 bits per heavy atom.